The predicted octanol–water partition coefficient (Wildman–Crippen LogP) is 2.97. The molecule has 2 heteroatoms. The maximum atomic E-state index is 5.71. The van der Waals surface area contributed by atoms with Crippen LogP contribution in [0, 0.1) is 0 Å². The van der Waals surface area contributed by atoms with E-state index in [1.807, 2.05) is 12.1 Å². The van der Waals surface area contributed by atoms with E-state index in [0.717, 1.165) is 17.8 Å². The van der Waals surface area contributed by atoms with Gasteiger partial charge in [0.1, 0.15) is 0 Å². The van der Waals surface area contributed by atoms with Crippen molar-refractivity contribution in [2.45, 2.75) is 39.0 Å². The van der Waals surface area contributed by atoms with E-state index in [0.29, 0.717) is 0 Å². The zero-order chi connectivity index (χ0) is 10.4. The van der Waals surface area contributed by atoms with Crippen LogP contribution in [0.15, 0.2) is 18.2 Å². The van der Waals surface area contributed by atoms with Crippen molar-refractivity contribution in [2.75, 3.05) is 11.5 Å². The minimum Gasteiger partial charge on any atom is -0.399 e. The lowest BCUT2D eigenvalue weighted by Crippen LogP contribution is -1.94. The van der Waals surface area contributed by atoms with Gasteiger partial charge in [0.2, 0.25) is 0 Å². The Morgan fingerprint density at radius 3 is 2.14 bits per heavy atom. The summed E-state index contributed by atoms with van der Waals surface area (Å²) in [4.78, 5) is 0. The number of nitrogens with two attached hydrogens (primary N) is 2. The topological polar surface area (TPSA) is 52.0 Å². The Bertz CT molecular complexity index is 261. The Kier molecular flexibility index (Phi) is 4.30. The van der Waals surface area contributed by atoms with Gasteiger partial charge in [-0.15, -0.1) is 0 Å². The van der Waals surface area contributed by atoms with Crippen LogP contribution < -0.4 is 11.5 Å². The van der Waals surface area contributed by atoms with Crippen LogP contribution >= 0.6 is 0 Å². The number of aryl methyl sites for hydroxylation is 1. The molecule has 0 unspecified atom stereocenters. The van der Waals surface area contributed by atoms with E-state index in [9.17, 15) is 0 Å². The number of hydrogen-bond acceptors (Lipinski definition) is 2. The largest absolute Gasteiger partial charge is 0.399 e. The van der Waals surface area contributed by atoms with Crippen molar-refractivity contribution in [3.63, 3.8) is 0 Å². The smallest absolute Gasteiger partial charge is 0.0337 e. The molecule has 0 atom stereocenters. The summed E-state index contributed by atoms with van der Waals surface area (Å²) in [5, 5.41) is 0. The Balaban J connectivity index is 2.42. The summed E-state index contributed by atoms with van der Waals surface area (Å²) in [6.07, 6.45) is 6.22. The molecule has 1 aromatic carbocycles. The normalized spacial score (nSPS) is 10.4. The van der Waals surface area contributed by atoms with Gasteiger partial charge in [0, 0.05) is 11.4 Å². The molecule has 0 heterocycles. The second-order valence-corrected chi connectivity index (χ2v) is 3.82. The van der Waals surface area contributed by atoms with Crippen LogP contribution in [0.2, 0.25) is 0 Å². The van der Waals surface area contributed by atoms with Crippen molar-refractivity contribution in [3.05, 3.63) is 23.8 Å². The fourth-order valence-electron chi connectivity index (χ4n) is 1.65. The maximum absolute atomic E-state index is 5.71. The third kappa shape index (κ3) is 3.69. The van der Waals surface area contributed by atoms with Crippen LogP contribution in [0.25, 0.3) is 0 Å². The molecule has 1 aromatic rings. The van der Waals surface area contributed by atoms with E-state index in [1.165, 1.54) is 31.2 Å². The predicted molar refractivity (Wildman–Crippen MR) is 63.1 cm³/mol. The summed E-state index contributed by atoms with van der Waals surface area (Å²) in [5.74, 6) is 0. The van der Waals surface area contributed by atoms with Crippen molar-refractivity contribution >= 4 is 11.4 Å². The van der Waals surface area contributed by atoms with Crippen LogP contribution in [0.1, 0.15) is 38.2 Å². The van der Waals surface area contributed by atoms with Crippen LogP contribution in [0.5, 0.6) is 0 Å². The molecule has 4 N–H and O–H groups in total. The van der Waals surface area contributed by atoms with Gasteiger partial charge in [-0.25, -0.2) is 0 Å². The Hall–Kier alpha value is -1.18. The van der Waals surface area contributed by atoms with Crippen molar-refractivity contribution in [1.29, 1.82) is 0 Å². The van der Waals surface area contributed by atoms with Gasteiger partial charge in [0.15, 0.2) is 0 Å². The second kappa shape index (κ2) is 5.53. The van der Waals surface area contributed by atoms with E-state index in [-0.39, 0.29) is 0 Å². The average Bonchev–Trinajstić information content (AvgIpc) is 2.11. The van der Waals surface area contributed by atoms with Gasteiger partial charge < -0.3 is 11.5 Å². The van der Waals surface area contributed by atoms with Crippen molar-refractivity contribution in [1.82, 2.24) is 0 Å². The zero-order valence-corrected chi connectivity index (χ0v) is 8.92. The van der Waals surface area contributed by atoms with Crippen LogP contribution in [0.3, 0.4) is 0 Å². The highest BCUT2D eigenvalue weighted by molar-refractivity contribution is 5.54. The SMILES string of the molecule is CCCCCCc1cc(N)cc(N)c1. The summed E-state index contributed by atoms with van der Waals surface area (Å²) >= 11 is 0. The highest BCUT2D eigenvalue weighted by Gasteiger charge is 1.96. The van der Waals surface area contributed by atoms with Gasteiger partial charge in [-0.05, 0) is 36.6 Å². The molecule has 1 rings (SSSR count). The molecule has 0 saturated carbocycles. The van der Waals surface area contributed by atoms with Gasteiger partial charge in [-0.2, -0.15) is 0 Å². The molecular formula is C12H20N2. The van der Waals surface area contributed by atoms with E-state index >= 15 is 0 Å². The van der Waals surface area contributed by atoms with Crippen molar-refractivity contribution in [3.8, 4) is 0 Å². The van der Waals surface area contributed by atoms with Gasteiger partial charge >= 0.3 is 0 Å². The molecule has 0 aliphatic carbocycles. The Morgan fingerprint density at radius 2 is 1.57 bits per heavy atom. The molecule has 0 spiro atoms. The molecule has 0 bridgehead atoms. The molecule has 78 valence electrons. The van der Waals surface area contributed by atoms with E-state index < -0.39 is 0 Å². The summed E-state index contributed by atoms with van der Waals surface area (Å²) in [7, 11) is 0. The summed E-state index contributed by atoms with van der Waals surface area (Å²) in [6, 6.07) is 5.83. The first-order chi connectivity index (χ1) is 6.72. The second-order valence-electron chi connectivity index (χ2n) is 3.82. The minimum absolute atomic E-state index is 0.774. The first-order valence-electron chi connectivity index (χ1n) is 5.37. The minimum atomic E-state index is 0.774. The van der Waals surface area contributed by atoms with Gasteiger partial charge in [-0.3, -0.25) is 0 Å². The number of anilines is 2. The van der Waals surface area contributed by atoms with Gasteiger partial charge in [0.05, 0.1) is 0 Å². The third-order valence-electron chi connectivity index (χ3n) is 2.36. The maximum Gasteiger partial charge on any atom is 0.0337 e. The van der Waals surface area contributed by atoms with Gasteiger partial charge in [0.25, 0.3) is 0 Å². The number of unbranched alkanes of at least 4 members (excludes halogenated alkanes) is 3. The van der Waals surface area contributed by atoms with Crippen molar-refractivity contribution in [2.24, 2.45) is 0 Å². The third-order valence-corrected chi connectivity index (χ3v) is 2.36. The molecule has 0 aliphatic heterocycles. The lowest BCUT2D eigenvalue weighted by Gasteiger charge is -2.04. The van der Waals surface area contributed by atoms with Crippen LogP contribution in [-0.2, 0) is 6.42 Å². The summed E-state index contributed by atoms with van der Waals surface area (Å²) in [5.41, 5.74) is 14.2. The zero-order valence-electron chi connectivity index (χ0n) is 8.92. The molecule has 0 aromatic heterocycles. The summed E-state index contributed by atoms with van der Waals surface area (Å²) in [6.45, 7) is 2.22. The first-order valence-corrected chi connectivity index (χ1v) is 5.37. The molecule has 0 amide bonds. The summed E-state index contributed by atoms with van der Waals surface area (Å²) < 4.78 is 0. The van der Waals surface area contributed by atoms with E-state index in [4.69, 9.17) is 11.5 Å². The molecule has 0 aliphatic rings. The Morgan fingerprint density at radius 1 is 0.929 bits per heavy atom. The molecular weight excluding hydrogens is 172 g/mol. The van der Waals surface area contributed by atoms with E-state index in [1.54, 1.807) is 6.07 Å². The number of rotatable bonds is 5. The first kappa shape index (κ1) is 10.9. The Labute approximate surface area is 86.3 Å². The molecule has 0 radical (unpaired) electrons. The monoisotopic (exact) mass is 192 g/mol. The molecule has 2 nitrogen and oxygen atoms in total. The number of nitrogen functional groups attached to an aromatic ring is 2. The van der Waals surface area contributed by atoms with Crippen LogP contribution in [-0.4, -0.2) is 0 Å². The highest BCUT2D eigenvalue weighted by atomic mass is 14.6. The van der Waals surface area contributed by atoms with E-state index in [2.05, 4.69) is 6.92 Å². The lowest BCUT2D eigenvalue weighted by atomic mass is 10.1. The van der Waals surface area contributed by atoms with Gasteiger partial charge in [-0.1, -0.05) is 26.2 Å². The fourth-order valence-corrected chi connectivity index (χ4v) is 1.65. The average molecular weight is 192 g/mol. The molecule has 14 heavy (non-hydrogen) atoms. The fraction of sp³-hybridized carbons (Fsp3) is 0.500. The standard InChI is InChI=1S/C12H20N2/c1-2-3-4-5-6-10-7-11(13)9-12(14)8-10/h7-9H,2-6,13-14H2,1H3. The van der Waals surface area contributed by atoms with Crippen LogP contribution in [0.4, 0.5) is 11.4 Å². The van der Waals surface area contributed by atoms with Crippen molar-refractivity contribution < 1.29 is 0 Å². The lowest BCUT2D eigenvalue weighted by molar-refractivity contribution is 0.667. The molecule has 0 fully saturated rings. The number of benzene rings is 1. The quantitative estimate of drug-likeness (QED) is 0.556. The number of hydrogen-bond donors (Lipinski definition) is 2. The molecule has 0 saturated heterocycles. The highest BCUT2D eigenvalue weighted by Crippen LogP contribution is 2.16.